The first-order valence-electron chi connectivity index (χ1n) is 3.27. The van der Waals surface area contributed by atoms with Crippen LogP contribution in [0.15, 0.2) is 24.6 Å². The molecule has 0 aromatic carbocycles. The standard InChI is InChI=1S/C8H13FO2/c1-7(9)5-4-6-8(10-2)11-3/h4-5,8H,1,6H2,2-3H3/b5-4-. The van der Waals surface area contributed by atoms with Crippen LogP contribution < -0.4 is 0 Å². The minimum Gasteiger partial charge on any atom is -0.356 e. The average Bonchev–Trinajstić information content (AvgIpc) is 1.98. The fourth-order valence-electron chi connectivity index (χ4n) is 0.596. The molecule has 0 N–H and O–H groups in total. The third-order valence-corrected chi connectivity index (χ3v) is 1.15. The van der Waals surface area contributed by atoms with Crippen molar-refractivity contribution in [2.45, 2.75) is 12.7 Å². The molecule has 0 rings (SSSR count). The van der Waals surface area contributed by atoms with E-state index in [9.17, 15) is 4.39 Å². The molecule has 0 radical (unpaired) electrons. The monoisotopic (exact) mass is 160 g/mol. The van der Waals surface area contributed by atoms with Gasteiger partial charge in [0.2, 0.25) is 0 Å². The van der Waals surface area contributed by atoms with Gasteiger partial charge in [-0.25, -0.2) is 4.39 Å². The van der Waals surface area contributed by atoms with Gasteiger partial charge >= 0.3 is 0 Å². The predicted molar refractivity (Wildman–Crippen MR) is 41.8 cm³/mol. The van der Waals surface area contributed by atoms with E-state index in [2.05, 4.69) is 6.58 Å². The summed E-state index contributed by atoms with van der Waals surface area (Å²) < 4.78 is 21.7. The lowest BCUT2D eigenvalue weighted by Crippen LogP contribution is -2.10. The van der Waals surface area contributed by atoms with Gasteiger partial charge in [0, 0.05) is 20.6 Å². The van der Waals surface area contributed by atoms with Crippen molar-refractivity contribution in [3.8, 4) is 0 Å². The molecule has 64 valence electrons. The Balaban J connectivity index is 3.57. The zero-order chi connectivity index (χ0) is 8.69. The van der Waals surface area contributed by atoms with Crippen LogP contribution >= 0.6 is 0 Å². The van der Waals surface area contributed by atoms with Crippen LogP contribution in [-0.2, 0) is 9.47 Å². The molecule has 0 spiro atoms. The summed E-state index contributed by atoms with van der Waals surface area (Å²) >= 11 is 0. The van der Waals surface area contributed by atoms with Gasteiger partial charge < -0.3 is 9.47 Å². The topological polar surface area (TPSA) is 18.5 Å². The lowest BCUT2D eigenvalue weighted by atomic mass is 10.3. The second kappa shape index (κ2) is 6.07. The van der Waals surface area contributed by atoms with E-state index in [0.29, 0.717) is 6.42 Å². The van der Waals surface area contributed by atoms with E-state index in [1.807, 2.05) is 0 Å². The molecule has 0 saturated carbocycles. The Morgan fingerprint density at radius 3 is 2.45 bits per heavy atom. The van der Waals surface area contributed by atoms with Gasteiger partial charge in [-0.2, -0.15) is 0 Å². The van der Waals surface area contributed by atoms with Gasteiger partial charge in [-0.15, -0.1) is 0 Å². The van der Waals surface area contributed by atoms with Crippen LogP contribution in [0.1, 0.15) is 6.42 Å². The molecular formula is C8H13FO2. The zero-order valence-electron chi connectivity index (χ0n) is 6.84. The van der Waals surface area contributed by atoms with Crippen LogP contribution in [0.25, 0.3) is 0 Å². The molecule has 0 unspecified atom stereocenters. The Morgan fingerprint density at radius 1 is 1.55 bits per heavy atom. The Kier molecular flexibility index (Phi) is 5.70. The molecule has 11 heavy (non-hydrogen) atoms. The van der Waals surface area contributed by atoms with Crippen LogP contribution in [0.3, 0.4) is 0 Å². The maximum Gasteiger partial charge on any atom is 0.160 e. The van der Waals surface area contributed by atoms with Crippen molar-refractivity contribution in [3.63, 3.8) is 0 Å². The van der Waals surface area contributed by atoms with Crippen molar-refractivity contribution in [2.24, 2.45) is 0 Å². The Hall–Kier alpha value is -0.670. The minimum absolute atomic E-state index is 0.300. The van der Waals surface area contributed by atoms with Crippen LogP contribution in [0.4, 0.5) is 4.39 Å². The molecule has 0 aliphatic heterocycles. The lowest BCUT2D eigenvalue weighted by Gasteiger charge is -2.09. The van der Waals surface area contributed by atoms with Gasteiger partial charge in [0.1, 0.15) is 5.83 Å². The molecule has 0 aromatic heterocycles. The molecule has 3 heteroatoms. The summed E-state index contributed by atoms with van der Waals surface area (Å²) in [5, 5.41) is 0. The van der Waals surface area contributed by atoms with Gasteiger partial charge in [0.15, 0.2) is 6.29 Å². The molecule has 0 aromatic rings. The predicted octanol–water partition coefficient (Wildman–Crippen LogP) is 2.03. The molecule has 0 aliphatic rings. The molecule has 2 nitrogen and oxygen atoms in total. The quantitative estimate of drug-likeness (QED) is 0.452. The first-order valence-corrected chi connectivity index (χ1v) is 3.27. The highest BCUT2D eigenvalue weighted by Gasteiger charge is 1.99. The lowest BCUT2D eigenvalue weighted by molar-refractivity contribution is -0.0986. The van der Waals surface area contributed by atoms with E-state index < -0.39 is 5.83 Å². The number of hydrogen-bond donors (Lipinski definition) is 0. The Bertz CT molecular complexity index is 139. The summed E-state index contributed by atoms with van der Waals surface area (Å²) in [6.45, 7) is 3.07. The van der Waals surface area contributed by atoms with E-state index in [4.69, 9.17) is 9.47 Å². The van der Waals surface area contributed by atoms with Crippen molar-refractivity contribution in [1.29, 1.82) is 0 Å². The molecule has 0 atom stereocenters. The number of methoxy groups -OCH3 is 2. The van der Waals surface area contributed by atoms with Crippen LogP contribution in [0.5, 0.6) is 0 Å². The fourth-order valence-corrected chi connectivity index (χ4v) is 0.596. The number of ether oxygens (including phenoxy) is 2. The SMILES string of the molecule is C=C(F)/C=C\CC(OC)OC. The van der Waals surface area contributed by atoms with Crippen LogP contribution in [0, 0.1) is 0 Å². The summed E-state index contributed by atoms with van der Waals surface area (Å²) in [5.74, 6) is -0.462. The molecule has 0 amide bonds. The highest BCUT2D eigenvalue weighted by molar-refractivity contribution is 5.05. The summed E-state index contributed by atoms with van der Waals surface area (Å²) in [6, 6.07) is 0. The summed E-state index contributed by atoms with van der Waals surface area (Å²) in [4.78, 5) is 0. The first-order chi connectivity index (χ1) is 5.20. The molecule has 0 fully saturated rings. The highest BCUT2D eigenvalue weighted by atomic mass is 19.1. The van der Waals surface area contributed by atoms with Crippen molar-refractivity contribution < 1.29 is 13.9 Å². The second-order valence-corrected chi connectivity index (χ2v) is 1.99. The Morgan fingerprint density at radius 2 is 2.09 bits per heavy atom. The van der Waals surface area contributed by atoms with Gasteiger partial charge in [0.05, 0.1) is 0 Å². The van der Waals surface area contributed by atoms with E-state index in [0.717, 1.165) is 0 Å². The number of allylic oxidation sites excluding steroid dienone is 2. The number of rotatable bonds is 5. The molecule has 0 heterocycles. The largest absolute Gasteiger partial charge is 0.356 e. The fraction of sp³-hybridized carbons (Fsp3) is 0.500. The third kappa shape index (κ3) is 5.76. The highest BCUT2D eigenvalue weighted by Crippen LogP contribution is 2.01. The van der Waals surface area contributed by atoms with Gasteiger partial charge in [-0.05, 0) is 6.08 Å². The maximum atomic E-state index is 12.0. The maximum absolute atomic E-state index is 12.0. The van der Waals surface area contributed by atoms with E-state index in [-0.39, 0.29) is 6.29 Å². The molecule has 0 saturated heterocycles. The van der Waals surface area contributed by atoms with Crippen molar-refractivity contribution >= 4 is 0 Å². The average molecular weight is 160 g/mol. The van der Waals surface area contributed by atoms with E-state index >= 15 is 0 Å². The van der Waals surface area contributed by atoms with Crippen LogP contribution in [0.2, 0.25) is 0 Å². The molecule has 0 bridgehead atoms. The molecule has 0 aliphatic carbocycles. The smallest absolute Gasteiger partial charge is 0.160 e. The molecular weight excluding hydrogens is 147 g/mol. The summed E-state index contributed by atoms with van der Waals surface area (Å²) in [5.41, 5.74) is 0. The van der Waals surface area contributed by atoms with Crippen molar-refractivity contribution in [2.75, 3.05) is 14.2 Å². The van der Waals surface area contributed by atoms with Gasteiger partial charge in [-0.1, -0.05) is 12.7 Å². The van der Waals surface area contributed by atoms with Crippen LogP contribution in [-0.4, -0.2) is 20.5 Å². The minimum atomic E-state index is -0.462. The first kappa shape index (κ1) is 10.3. The van der Waals surface area contributed by atoms with Gasteiger partial charge in [-0.3, -0.25) is 0 Å². The van der Waals surface area contributed by atoms with E-state index in [1.54, 1.807) is 6.08 Å². The third-order valence-electron chi connectivity index (χ3n) is 1.15. The number of halogens is 1. The van der Waals surface area contributed by atoms with Crippen molar-refractivity contribution in [1.82, 2.24) is 0 Å². The normalized spacial score (nSPS) is 11.3. The van der Waals surface area contributed by atoms with Crippen molar-refractivity contribution in [3.05, 3.63) is 24.6 Å². The Labute approximate surface area is 66.3 Å². The zero-order valence-corrected chi connectivity index (χ0v) is 6.84. The summed E-state index contributed by atoms with van der Waals surface area (Å²) in [7, 11) is 3.07. The van der Waals surface area contributed by atoms with E-state index in [1.165, 1.54) is 20.3 Å². The summed E-state index contributed by atoms with van der Waals surface area (Å²) in [6.07, 6.45) is 3.12. The van der Waals surface area contributed by atoms with Gasteiger partial charge in [0.25, 0.3) is 0 Å². The second-order valence-electron chi connectivity index (χ2n) is 1.99. The number of hydrogen-bond acceptors (Lipinski definition) is 2.